The van der Waals surface area contributed by atoms with E-state index < -0.39 is 12.0 Å². The number of ketones is 1. The number of nitrogens with one attached hydrogen (secondary N) is 2. The Morgan fingerprint density at radius 1 is 1.17 bits per heavy atom. The molecular weight excluding hydrogens is 366 g/mol. The van der Waals surface area contributed by atoms with Crippen molar-refractivity contribution in [3.8, 4) is 0 Å². The van der Waals surface area contributed by atoms with Crippen LogP contribution in [0, 0.1) is 13.8 Å². The number of carbonyl (C=O) groups excluding carboxylic acids is 2. The summed E-state index contributed by atoms with van der Waals surface area (Å²) >= 11 is 0. The number of benzene rings is 1. The number of H-pyrrole nitrogens is 1. The van der Waals surface area contributed by atoms with E-state index >= 15 is 0 Å². The highest BCUT2D eigenvalue weighted by atomic mass is 16.5. The van der Waals surface area contributed by atoms with Crippen molar-refractivity contribution in [2.24, 2.45) is 0 Å². The van der Waals surface area contributed by atoms with E-state index in [1.165, 1.54) is 31.5 Å². The minimum atomic E-state index is -0.425. The molecule has 1 aliphatic rings. The number of carbonyl (C=O) groups is 2. The van der Waals surface area contributed by atoms with E-state index in [0.29, 0.717) is 29.1 Å². The van der Waals surface area contributed by atoms with Crippen molar-refractivity contribution in [1.82, 2.24) is 9.88 Å². The van der Waals surface area contributed by atoms with Crippen LogP contribution in [-0.2, 0) is 11.3 Å². The molecule has 0 amide bonds. The smallest absolute Gasteiger partial charge is 0.340 e. The molecule has 1 fully saturated rings. The quantitative estimate of drug-likeness (QED) is 0.518. The fourth-order valence-corrected chi connectivity index (χ4v) is 3.94. The van der Waals surface area contributed by atoms with Gasteiger partial charge in [0.2, 0.25) is 5.78 Å². The summed E-state index contributed by atoms with van der Waals surface area (Å²) in [4.78, 5) is 30.7. The van der Waals surface area contributed by atoms with E-state index in [4.69, 9.17) is 4.74 Å². The van der Waals surface area contributed by atoms with Crippen LogP contribution in [0.3, 0.4) is 0 Å². The van der Waals surface area contributed by atoms with Crippen LogP contribution in [0.25, 0.3) is 0 Å². The van der Waals surface area contributed by atoms with Crippen LogP contribution in [-0.4, -0.2) is 47.4 Å². The normalized spacial score (nSPS) is 15.3. The van der Waals surface area contributed by atoms with E-state index in [1.54, 1.807) is 20.8 Å². The summed E-state index contributed by atoms with van der Waals surface area (Å²) in [6, 6.07) is 7.84. The molecule has 6 nitrogen and oxygen atoms in total. The van der Waals surface area contributed by atoms with Crippen LogP contribution < -0.4 is 5.32 Å². The number of aromatic nitrogens is 1. The number of rotatable bonds is 8. The van der Waals surface area contributed by atoms with Crippen LogP contribution in [0.1, 0.15) is 64.4 Å². The first-order valence-corrected chi connectivity index (χ1v) is 10.4. The molecule has 156 valence electrons. The lowest BCUT2D eigenvalue weighted by molar-refractivity contribution is 0.0525. The molecule has 0 radical (unpaired) electrons. The molecule has 1 aromatic heterocycles. The Hall–Kier alpha value is -2.60. The molecule has 0 bridgehead atoms. The number of anilines is 1. The molecule has 1 atom stereocenters. The number of hydrogen-bond donors (Lipinski definition) is 2. The Bertz CT molecular complexity index is 864. The van der Waals surface area contributed by atoms with Gasteiger partial charge in [0.25, 0.3) is 0 Å². The molecule has 2 N–H and O–H groups in total. The molecule has 0 aliphatic carbocycles. The zero-order valence-electron chi connectivity index (χ0n) is 17.8. The highest BCUT2D eigenvalue weighted by Gasteiger charge is 2.25. The summed E-state index contributed by atoms with van der Waals surface area (Å²) in [7, 11) is 0. The molecule has 0 unspecified atom stereocenters. The van der Waals surface area contributed by atoms with Gasteiger partial charge in [-0.3, -0.25) is 9.69 Å². The maximum Gasteiger partial charge on any atom is 0.340 e. The lowest BCUT2D eigenvalue weighted by Gasteiger charge is -2.17. The summed E-state index contributed by atoms with van der Waals surface area (Å²) < 4.78 is 5.11. The van der Waals surface area contributed by atoms with Crippen molar-refractivity contribution in [2.75, 3.05) is 25.0 Å². The Kier molecular flexibility index (Phi) is 6.75. The monoisotopic (exact) mass is 397 g/mol. The molecule has 1 aliphatic heterocycles. The summed E-state index contributed by atoms with van der Waals surface area (Å²) in [5, 5.41) is 3.27. The molecule has 0 spiro atoms. The fraction of sp³-hybridized carbons (Fsp3) is 0.478. The highest BCUT2D eigenvalue weighted by molar-refractivity contribution is 6.04. The molecule has 0 saturated carbocycles. The van der Waals surface area contributed by atoms with Gasteiger partial charge in [-0.1, -0.05) is 12.1 Å². The largest absolute Gasteiger partial charge is 0.462 e. The molecule has 6 heteroatoms. The lowest BCUT2D eigenvalue weighted by Crippen LogP contribution is -2.27. The van der Waals surface area contributed by atoms with E-state index in [2.05, 4.69) is 27.3 Å². The minimum Gasteiger partial charge on any atom is -0.462 e. The Labute approximate surface area is 172 Å². The van der Waals surface area contributed by atoms with E-state index in [-0.39, 0.29) is 5.78 Å². The summed E-state index contributed by atoms with van der Waals surface area (Å²) in [6.07, 6.45) is 2.57. The maximum atomic E-state index is 13.0. The number of hydrogen-bond acceptors (Lipinski definition) is 5. The molecule has 3 rings (SSSR count). The number of likely N-dealkylation sites (tertiary alicyclic amines) is 1. The van der Waals surface area contributed by atoms with Gasteiger partial charge < -0.3 is 15.0 Å². The van der Waals surface area contributed by atoms with Crippen LogP contribution in [0.5, 0.6) is 0 Å². The predicted octanol–water partition coefficient (Wildman–Crippen LogP) is 4.09. The first-order chi connectivity index (χ1) is 13.9. The van der Waals surface area contributed by atoms with Gasteiger partial charge in [0.05, 0.1) is 23.9 Å². The zero-order chi connectivity index (χ0) is 21.0. The topological polar surface area (TPSA) is 74.4 Å². The van der Waals surface area contributed by atoms with Crippen LogP contribution in [0.2, 0.25) is 0 Å². The van der Waals surface area contributed by atoms with Crippen LogP contribution in [0.15, 0.2) is 24.3 Å². The van der Waals surface area contributed by atoms with Crippen molar-refractivity contribution in [3.63, 3.8) is 0 Å². The second-order valence-corrected chi connectivity index (χ2v) is 7.76. The maximum absolute atomic E-state index is 13.0. The summed E-state index contributed by atoms with van der Waals surface area (Å²) in [5.74, 6) is -0.478. The molecule has 2 heterocycles. The van der Waals surface area contributed by atoms with Gasteiger partial charge in [-0.05, 0) is 76.9 Å². The van der Waals surface area contributed by atoms with E-state index in [1.807, 2.05) is 19.1 Å². The average molecular weight is 398 g/mol. The van der Waals surface area contributed by atoms with Crippen molar-refractivity contribution in [3.05, 3.63) is 52.3 Å². The Morgan fingerprint density at radius 2 is 1.83 bits per heavy atom. The molecule has 1 aromatic carbocycles. The lowest BCUT2D eigenvalue weighted by atomic mass is 10.0. The molecular formula is C23H31N3O3. The second kappa shape index (κ2) is 9.27. The van der Waals surface area contributed by atoms with Gasteiger partial charge in [0.1, 0.15) is 0 Å². The minimum absolute atomic E-state index is 0.0812. The molecule has 2 aromatic rings. The standard InChI is InChI=1S/C23H31N3O3/c1-5-29-23(28)20-15(2)21(25-16(20)3)22(27)17(4)24-19-10-8-18(9-11-19)14-26-12-6-7-13-26/h8-11,17,24-25H,5-7,12-14H2,1-4H3/t17-/m1/s1. The summed E-state index contributed by atoms with van der Waals surface area (Å²) in [5.41, 5.74) is 4.39. The average Bonchev–Trinajstić information content (AvgIpc) is 3.30. The third kappa shape index (κ3) is 4.88. The third-order valence-corrected chi connectivity index (χ3v) is 5.50. The van der Waals surface area contributed by atoms with E-state index in [9.17, 15) is 9.59 Å². The highest BCUT2D eigenvalue weighted by Crippen LogP contribution is 2.22. The zero-order valence-corrected chi connectivity index (χ0v) is 17.8. The number of ether oxygens (including phenoxy) is 1. The van der Waals surface area contributed by atoms with Crippen LogP contribution in [0.4, 0.5) is 5.69 Å². The first kappa shape index (κ1) is 21.1. The Balaban J connectivity index is 1.66. The van der Waals surface area contributed by atoms with Crippen molar-refractivity contribution in [2.45, 2.75) is 53.1 Å². The number of aryl methyl sites for hydroxylation is 1. The number of nitrogens with zero attached hydrogens (tertiary/aromatic N) is 1. The van der Waals surface area contributed by atoms with E-state index in [0.717, 1.165) is 12.2 Å². The second-order valence-electron chi connectivity index (χ2n) is 7.76. The first-order valence-electron chi connectivity index (χ1n) is 10.4. The number of esters is 1. The van der Waals surface area contributed by atoms with Gasteiger partial charge in [0.15, 0.2) is 0 Å². The predicted molar refractivity (Wildman–Crippen MR) is 115 cm³/mol. The van der Waals surface area contributed by atoms with Gasteiger partial charge >= 0.3 is 5.97 Å². The summed E-state index contributed by atoms with van der Waals surface area (Å²) in [6.45, 7) is 10.8. The third-order valence-electron chi connectivity index (χ3n) is 5.50. The van der Waals surface area contributed by atoms with Crippen LogP contribution >= 0.6 is 0 Å². The van der Waals surface area contributed by atoms with Gasteiger partial charge in [0, 0.05) is 17.9 Å². The van der Waals surface area contributed by atoms with Gasteiger partial charge in [-0.2, -0.15) is 0 Å². The Morgan fingerprint density at radius 3 is 2.45 bits per heavy atom. The molecule has 29 heavy (non-hydrogen) atoms. The number of Topliss-reactive ketones (excluding diaryl/α,β-unsaturated/α-hetero) is 1. The fourth-order valence-electron chi connectivity index (χ4n) is 3.94. The van der Waals surface area contributed by atoms with Gasteiger partial charge in [-0.15, -0.1) is 0 Å². The van der Waals surface area contributed by atoms with Crippen molar-refractivity contribution >= 4 is 17.4 Å². The SMILES string of the molecule is CCOC(=O)c1c(C)[nH]c(C(=O)[C@@H](C)Nc2ccc(CN3CCCC3)cc2)c1C. The number of aromatic amines is 1. The van der Waals surface area contributed by atoms with Gasteiger partial charge in [-0.25, -0.2) is 4.79 Å². The van der Waals surface area contributed by atoms with Crippen molar-refractivity contribution < 1.29 is 14.3 Å². The molecule has 1 saturated heterocycles. The van der Waals surface area contributed by atoms with Crippen molar-refractivity contribution in [1.29, 1.82) is 0 Å².